The number of hydrogen-bond donors (Lipinski definition) is 0. The van der Waals surface area contributed by atoms with Gasteiger partial charge in [-0.15, -0.1) is 0 Å². The van der Waals surface area contributed by atoms with Crippen molar-refractivity contribution in [1.82, 2.24) is 14.8 Å². The highest BCUT2D eigenvalue weighted by Crippen LogP contribution is 2.32. The van der Waals surface area contributed by atoms with Gasteiger partial charge in [0.2, 0.25) is 5.91 Å². The molecule has 0 aliphatic carbocycles. The van der Waals surface area contributed by atoms with E-state index in [1.807, 2.05) is 24.1 Å². The largest absolute Gasteiger partial charge is 0.334 e. The van der Waals surface area contributed by atoms with Crippen LogP contribution in [0.3, 0.4) is 0 Å². The lowest BCUT2D eigenvalue weighted by molar-refractivity contribution is -0.135. The molecule has 3 aliphatic rings. The van der Waals surface area contributed by atoms with Crippen molar-refractivity contribution in [2.24, 2.45) is 4.99 Å². The summed E-state index contributed by atoms with van der Waals surface area (Å²) in [6.45, 7) is 4.75. The maximum Gasteiger partial charge on any atom is 0.227 e. The van der Waals surface area contributed by atoms with Crippen LogP contribution in [-0.4, -0.2) is 45.5 Å². The predicted molar refractivity (Wildman–Crippen MR) is 134 cm³/mol. The Labute approximate surface area is 209 Å². The first-order valence-electron chi connectivity index (χ1n) is 12.5. The summed E-state index contributed by atoms with van der Waals surface area (Å²) in [6.07, 6.45) is 3.97. The average Bonchev–Trinajstić information content (AvgIpc) is 3.27. The number of hydrogen-bond acceptors (Lipinski definition) is 4. The summed E-state index contributed by atoms with van der Waals surface area (Å²) in [6, 6.07) is 12.4. The number of benzene rings is 2. The van der Waals surface area contributed by atoms with E-state index in [0.29, 0.717) is 26.1 Å². The number of carbonyl (C=O) groups excluding carboxylic acids is 1. The third-order valence-electron chi connectivity index (χ3n) is 7.63. The fraction of sp³-hybridized carbons (Fsp3) is 0.345. The number of carbonyl (C=O) groups is 1. The molecular weight excluding hydrogens is 458 g/mol. The Morgan fingerprint density at radius 1 is 1.06 bits per heavy atom. The first-order valence-corrected chi connectivity index (χ1v) is 12.5. The number of pyridine rings is 1. The summed E-state index contributed by atoms with van der Waals surface area (Å²) in [4.78, 5) is 26.4. The standard InChI is InChI=1S/C29H28F2N4O/c1-18-10-19(7-8-32-18)29-24-12-22-15-35(28(36)13-20(22)11-21(24)14-33-29)23-4-3-9-34(16-23)17-25-26(30)5-2-6-27(25)31/h2,5-8,10-12,23H,3-4,9,13-17H2,1H3/t23-/m1/s1. The van der Waals surface area contributed by atoms with Crippen LogP contribution < -0.4 is 0 Å². The molecule has 5 nitrogen and oxygen atoms in total. The lowest BCUT2D eigenvalue weighted by Gasteiger charge is -2.41. The molecule has 0 N–H and O–H groups in total. The third kappa shape index (κ3) is 4.22. The number of aromatic nitrogens is 1. The minimum absolute atomic E-state index is 0.0264. The topological polar surface area (TPSA) is 48.8 Å². The van der Waals surface area contributed by atoms with E-state index in [2.05, 4.69) is 28.1 Å². The number of likely N-dealkylation sites (tertiary alicyclic amines) is 1. The molecule has 0 radical (unpaired) electrons. The molecule has 4 heterocycles. The van der Waals surface area contributed by atoms with Crippen LogP contribution in [0.25, 0.3) is 0 Å². The Kier molecular flexibility index (Phi) is 5.88. The van der Waals surface area contributed by atoms with Crippen LogP contribution in [0.1, 0.15) is 51.9 Å². The van der Waals surface area contributed by atoms with Gasteiger partial charge in [0.05, 0.1) is 18.7 Å². The van der Waals surface area contributed by atoms with Gasteiger partial charge in [-0.3, -0.25) is 19.7 Å². The van der Waals surface area contributed by atoms with E-state index in [1.54, 1.807) is 0 Å². The molecule has 1 aromatic heterocycles. The Morgan fingerprint density at radius 2 is 1.89 bits per heavy atom. The first-order chi connectivity index (χ1) is 17.5. The van der Waals surface area contributed by atoms with Gasteiger partial charge in [0.15, 0.2) is 0 Å². The molecule has 3 aliphatic heterocycles. The molecule has 0 saturated carbocycles. The zero-order chi connectivity index (χ0) is 24.8. The number of aliphatic imine (C=N–C) groups is 1. The number of amides is 1. The van der Waals surface area contributed by atoms with Gasteiger partial charge in [0.1, 0.15) is 11.6 Å². The Hall–Kier alpha value is -3.45. The summed E-state index contributed by atoms with van der Waals surface area (Å²) >= 11 is 0. The lowest BCUT2D eigenvalue weighted by atomic mass is 9.90. The average molecular weight is 487 g/mol. The molecule has 184 valence electrons. The fourth-order valence-electron chi connectivity index (χ4n) is 5.80. The number of aryl methyl sites for hydroxylation is 1. The van der Waals surface area contributed by atoms with Crippen molar-refractivity contribution in [3.63, 3.8) is 0 Å². The third-order valence-corrected chi connectivity index (χ3v) is 7.63. The highest BCUT2D eigenvalue weighted by molar-refractivity contribution is 6.15. The van der Waals surface area contributed by atoms with Crippen molar-refractivity contribution in [3.05, 3.63) is 99.4 Å². The van der Waals surface area contributed by atoms with Crippen LogP contribution in [0.2, 0.25) is 0 Å². The summed E-state index contributed by atoms with van der Waals surface area (Å²) in [5, 5.41) is 0. The molecule has 1 fully saturated rings. The van der Waals surface area contributed by atoms with Crippen LogP contribution in [-0.2, 0) is 30.8 Å². The van der Waals surface area contributed by atoms with Crippen LogP contribution in [0.4, 0.5) is 8.78 Å². The summed E-state index contributed by atoms with van der Waals surface area (Å²) in [5.74, 6) is -0.915. The Morgan fingerprint density at radius 3 is 2.69 bits per heavy atom. The highest BCUT2D eigenvalue weighted by atomic mass is 19.1. The van der Waals surface area contributed by atoms with Gasteiger partial charge >= 0.3 is 0 Å². The maximum atomic E-state index is 14.2. The molecule has 7 heteroatoms. The summed E-state index contributed by atoms with van der Waals surface area (Å²) in [7, 11) is 0. The monoisotopic (exact) mass is 486 g/mol. The summed E-state index contributed by atoms with van der Waals surface area (Å²) < 4.78 is 28.5. The molecule has 1 saturated heterocycles. The van der Waals surface area contributed by atoms with Gasteiger partial charge in [-0.2, -0.15) is 0 Å². The van der Waals surface area contributed by atoms with E-state index in [0.717, 1.165) is 58.6 Å². The molecule has 0 bridgehead atoms. The predicted octanol–water partition coefficient (Wildman–Crippen LogP) is 4.57. The van der Waals surface area contributed by atoms with Crippen molar-refractivity contribution >= 4 is 11.6 Å². The second-order valence-electron chi connectivity index (χ2n) is 10.1. The van der Waals surface area contributed by atoms with Crippen LogP contribution in [0, 0.1) is 18.6 Å². The van der Waals surface area contributed by atoms with Gasteiger partial charge in [-0.25, -0.2) is 8.78 Å². The normalized spacial score (nSPS) is 19.8. The van der Waals surface area contributed by atoms with E-state index >= 15 is 0 Å². The molecule has 3 aromatic rings. The van der Waals surface area contributed by atoms with Crippen molar-refractivity contribution < 1.29 is 13.6 Å². The van der Waals surface area contributed by atoms with Crippen molar-refractivity contribution in [1.29, 1.82) is 0 Å². The van der Waals surface area contributed by atoms with Gasteiger partial charge < -0.3 is 4.90 Å². The summed E-state index contributed by atoms with van der Waals surface area (Å²) in [5.41, 5.74) is 7.64. The molecule has 6 rings (SSSR count). The molecule has 0 unspecified atom stereocenters. The number of rotatable bonds is 4. The van der Waals surface area contributed by atoms with Crippen molar-refractivity contribution in [2.45, 2.75) is 51.9 Å². The van der Waals surface area contributed by atoms with Gasteiger partial charge in [-0.05, 0) is 73.3 Å². The van der Waals surface area contributed by atoms with E-state index in [1.165, 1.54) is 18.2 Å². The highest BCUT2D eigenvalue weighted by Gasteiger charge is 2.33. The Bertz CT molecular complexity index is 1370. The van der Waals surface area contributed by atoms with Gasteiger partial charge in [0.25, 0.3) is 0 Å². The molecular formula is C29H28F2N4O. The zero-order valence-corrected chi connectivity index (χ0v) is 20.3. The number of fused-ring (bicyclic) bond motifs is 2. The lowest BCUT2D eigenvalue weighted by Crippen LogP contribution is -2.51. The number of piperidine rings is 1. The van der Waals surface area contributed by atoms with E-state index in [9.17, 15) is 13.6 Å². The SMILES string of the molecule is Cc1cc(C2=NCc3cc4c(cc32)CN([C@@H]2CCCN(Cc3c(F)cccc3F)C2)C(=O)C4)ccn1. The van der Waals surface area contributed by atoms with E-state index in [4.69, 9.17) is 4.99 Å². The van der Waals surface area contributed by atoms with Crippen LogP contribution in [0.5, 0.6) is 0 Å². The second-order valence-corrected chi connectivity index (χ2v) is 10.1. The zero-order valence-electron chi connectivity index (χ0n) is 20.3. The smallest absolute Gasteiger partial charge is 0.227 e. The molecule has 1 amide bonds. The first kappa shape index (κ1) is 23.0. The fourth-order valence-corrected chi connectivity index (χ4v) is 5.80. The molecule has 0 spiro atoms. The van der Waals surface area contributed by atoms with E-state index < -0.39 is 11.6 Å². The molecule has 36 heavy (non-hydrogen) atoms. The minimum atomic E-state index is -0.518. The quantitative estimate of drug-likeness (QED) is 0.543. The Balaban J connectivity index is 1.22. The number of halogens is 2. The van der Waals surface area contributed by atoms with Crippen molar-refractivity contribution in [3.8, 4) is 0 Å². The van der Waals surface area contributed by atoms with Crippen molar-refractivity contribution in [2.75, 3.05) is 13.1 Å². The number of nitrogens with zero attached hydrogens (tertiary/aromatic N) is 4. The van der Waals surface area contributed by atoms with E-state index in [-0.39, 0.29) is 24.1 Å². The molecule has 2 aromatic carbocycles. The van der Waals surface area contributed by atoms with Gasteiger partial charge in [0, 0.05) is 54.3 Å². The van der Waals surface area contributed by atoms with Crippen LogP contribution >= 0.6 is 0 Å². The minimum Gasteiger partial charge on any atom is -0.334 e. The molecule has 1 atom stereocenters. The van der Waals surface area contributed by atoms with Crippen LogP contribution in [0.15, 0.2) is 53.7 Å². The van der Waals surface area contributed by atoms with Gasteiger partial charge in [-0.1, -0.05) is 12.1 Å². The second kappa shape index (κ2) is 9.21. The maximum absolute atomic E-state index is 14.2.